The third-order valence-corrected chi connectivity index (χ3v) is 7.72. The number of phenols is 1. The first kappa shape index (κ1) is 16.8. The zero-order valence-corrected chi connectivity index (χ0v) is 15.1. The smallest absolute Gasteiger partial charge is 0.244 e. The maximum atomic E-state index is 13.4. The minimum Gasteiger partial charge on any atom is -0.506 e. The van der Waals surface area contributed by atoms with Crippen molar-refractivity contribution < 1.29 is 13.5 Å². The maximum Gasteiger partial charge on any atom is 0.244 e. The van der Waals surface area contributed by atoms with E-state index in [4.69, 9.17) is 0 Å². The van der Waals surface area contributed by atoms with Gasteiger partial charge in [-0.05, 0) is 55.9 Å². The molecule has 0 radical (unpaired) electrons. The van der Waals surface area contributed by atoms with Gasteiger partial charge in [0.1, 0.15) is 11.3 Å². The van der Waals surface area contributed by atoms with Gasteiger partial charge in [-0.1, -0.05) is 19.3 Å². The van der Waals surface area contributed by atoms with Crippen LogP contribution in [0.1, 0.15) is 44.9 Å². The minimum absolute atomic E-state index is 0.0137. The fourth-order valence-electron chi connectivity index (χ4n) is 4.54. The number of aromatic hydroxyl groups is 1. The van der Waals surface area contributed by atoms with Crippen LogP contribution in [0.4, 0.5) is 0 Å². The molecule has 1 aliphatic carbocycles. The first-order chi connectivity index (χ1) is 12.1. The lowest BCUT2D eigenvalue weighted by Gasteiger charge is -2.33. The molecule has 0 spiro atoms. The molecule has 1 N–H and O–H groups in total. The van der Waals surface area contributed by atoms with Crippen molar-refractivity contribution in [2.24, 2.45) is 5.92 Å². The third-order valence-electron chi connectivity index (χ3n) is 5.74. The van der Waals surface area contributed by atoms with Crippen molar-refractivity contribution in [3.63, 3.8) is 0 Å². The van der Waals surface area contributed by atoms with E-state index >= 15 is 0 Å². The van der Waals surface area contributed by atoms with Crippen molar-refractivity contribution in [1.82, 2.24) is 9.29 Å². The van der Waals surface area contributed by atoms with Gasteiger partial charge in [-0.25, -0.2) is 8.42 Å². The van der Waals surface area contributed by atoms with E-state index in [0.717, 1.165) is 25.7 Å². The first-order valence-electron chi connectivity index (χ1n) is 9.17. The summed E-state index contributed by atoms with van der Waals surface area (Å²) in [7, 11) is -3.60. The van der Waals surface area contributed by atoms with E-state index in [1.165, 1.54) is 31.4 Å². The molecule has 4 rings (SSSR count). The summed E-state index contributed by atoms with van der Waals surface area (Å²) in [4.78, 5) is 4.42. The van der Waals surface area contributed by atoms with Crippen molar-refractivity contribution in [2.75, 3.05) is 6.54 Å². The van der Waals surface area contributed by atoms with Crippen LogP contribution in [0.25, 0.3) is 10.9 Å². The fraction of sp³-hybridized carbons (Fsp3) is 0.526. The number of nitrogens with zero attached hydrogens (tertiary/aromatic N) is 2. The second kappa shape index (κ2) is 6.57. The molecular weight excluding hydrogens is 336 g/mol. The molecule has 1 saturated heterocycles. The molecule has 2 fully saturated rings. The molecule has 1 aromatic heterocycles. The second-order valence-electron chi connectivity index (χ2n) is 7.21. The molecule has 1 aliphatic heterocycles. The van der Waals surface area contributed by atoms with Crippen LogP contribution in [0.5, 0.6) is 5.75 Å². The van der Waals surface area contributed by atoms with Crippen molar-refractivity contribution in [2.45, 2.75) is 55.9 Å². The van der Waals surface area contributed by atoms with Gasteiger partial charge >= 0.3 is 0 Å². The highest BCUT2D eigenvalue weighted by atomic mass is 32.2. The predicted octanol–water partition coefficient (Wildman–Crippen LogP) is 3.67. The summed E-state index contributed by atoms with van der Waals surface area (Å²) in [5.41, 5.74) is 0.344. The van der Waals surface area contributed by atoms with Gasteiger partial charge in [-0.2, -0.15) is 4.31 Å². The van der Waals surface area contributed by atoms with Gasteiger partial charge in [0, 0.05) is 24.2 Å². The Kier molecular flexibility index (Phi) is 4.41. The van der Waals surface area contributed by atoms with Crippen LogP contribution in [0.3, 0.4) is 0 Å². The predicted molar refractivity (Wildman–Crippen MR) is 96.9 cm³/mol. The standard InChI is InChI=1S/C19H24N2O3S/c22-17-10-11-18(15-8-4-12-20-19(15)17)25(23,24)21-13-5-9-16(21)14-6-2-1-3-7-14/h4,8,10-12,14,16,22H,1-3,5-7,9,13H2. The molecule has 25 heavy (non-hydrogen) atoms. The SMILES string of the molecule is O=S(=O)(c1ccc(O)c2ncccc12)N1CCCC1C1CCCCC1. The number of benzene rings is 1. The van der Waals surface area contributed by atoms with Crippen LogP contribution < -0.4 is 0 Å². The van der Waals surface area contributed by atoms with Gasteiger partial charge < -0.3 is 5.11 Å². The monoisotopic (exact) mass is 360 g/mol. The molecule has 0 amide bonds. The number of pyridine rings is 1. The molecule has 2 aliphatic rings. The number of aromatic nitrogens is 1. The van der Waals surface area contributed by atoms with Crippen molar-refractivity contribution in [3.05, 3.63) is 30.5 Å². The van der Waals surface area contributed by atoms with Crippen molar-refractivity contribution >= 4 is 20.9 Å². The van der Waals surface area contributed by atoms with E-state index in [0.29, 0.717) is 23.4 Å². The largest absolute Gasteiger partial charge is 0.506 e. The van der Waals surface area contributed by atoms with Crippen LogP contribution in [0.2, 0.25) is 0 Å². The summed E-state index contributed by atoms with van der Waals surface area (Å²) in [5.74, 6) is 0.493. The zero-order chi connectivity index (χ0) is 17.4. The summed E-state index contributed by atoms with van der Waals surface area (Å²) < 4.78 is 28.6. The molecule has 1 saturated carbocycles. The molecule has 5 nitrogen and oxygen atoms in total. The molecule has 6 heteroatoms. The quantitative estimate of drug-likeness (QED) is 0.906. The Hall–Kier alpha value is -1.66. The van der Waals surface area contributed by atoms with Crippen molar-refractivity contribution in [3.8, 4) is 5.75 Å². The molecule has 2 aromatic rings. The van der Waals surface area contributed by atoms with Crippen molar-refractivity contribution in [1.29, 1.82) is 0 Å². The molecular formula is C19H24N2O3S. The Morgan fingerprint density at radius 2 is 1.84 bits per heavy atom. The highest BCUT2D eigenvalue weighted by Gasteiger charge is 2.40. The van der Waals surface area contributed by atoms with Crippen LogP contribution in [-0.2, 0) is 10.0 Å². The van der Waals surface area contributed by atoms with E-state index in [1.54, 1.807) is 22.6 Å². The number of hydrogen-bond acceptors (Lipinski definition) is 4. The summed E-state index contributed by atoms with van der Waals surface area (Å²) in [6.45, 7) is 0.589. The average Bonchev–Trinajstić information content (AvgIpc) is 3.13. The lowest BCUT2D eigenvalue weighted by Crippen LogP contribution is -2.40. The van der Waals surface area contributed by atoms with E-state index < -0.39 is 10.0 Å². The number of fused-ring (bicyclic) bond motifs is 1. The summed E-state index contributed by atoms with van der Waals surface area (Å²) in [6.07, 6.45) is 9.40. The highest BCUT2D eigenvalue weighted by Crippen LogP contribution is 2.39. The molecule has 0 bridgehead atoms. The molecule has 134 valence electrons. The average molecular weight is 360 g/mol. The number of rotatable bonds is 3. The minimum atomic E-state index is -3.60. The van der Waals surface area contributed by atoms with E-state index in [9.17, 15) is 13.5 Å². The second-order valence-corrected chi connectivity index (χ2v) is 9.06. The highest BCUT2D eigenvalue weighted by molar-refractivity contribution is 7.89. The first-order valence-corrected chi connectivity index (χ1v) is 10.6. The summed E-state index contributed by atoms with van der Waals surface area (Å²) >= 11 is 0. The number of hydrogen-bond donors (Lipinski definition) is 1. The van der Waals surface area contributed by atoms with Gasteiger partial charge in [0.25, 0.3) is 0 Å². The van der Waals surface area contributed by atoms with Gasteiger partial charge in [-0.3, -0.25) is 4.98 Å². The van der Waals surface area contributed by atoms with E-state index in [-0.39, 0.29) is 16.7 Å². The Balaban J connectivity index is 1.75. The topological polar surface area (TPSA) is 70.5 Å². The molecule has 1 atom stereocenters. The van der Waals surface area contributed by atoms with Gasteiger partial charge in [0.05, 0.1) is 4.90 Å². The normalized spacial score (nSPS) is 23.3. The molecule has 1 aromatic carbocycles. The third kappa shape index (κ3) is 2.91. The van der Waals surface area contributed by atoms with Gasteiger partial charge in [0.15, 0.2) is 0 Å². The maximum absolute atomic E-state index is 13.4. The Morgan fingerprint density at radius 1 is 1.04 bits per heavy atom. The zero-order valence-electron chi connectivity index (χ0n) is 14.3. The lowest BCUT2D eigenvalue weighted by atomic mass is 9.83. The van der Waals surface area contributed by atoms with Gasteiger partial charge in [0.2, 0.25) is 10.0 Å². The van der Waals surface area contributed by atoms with Crippen LogP contribution >= 0.6 is 0 Å². The Labute approximate surface area is 148 Å². The molecule has 1 unspecified atom stereocenters. The molecule has 2 heterocycles. The van der Waals surface area contributed by atoms with E-state index in [2.05, 4.69) is 4.98 Å². The summed E-state index contributed by atoms with van der Waals surface area (Å²) in [6, 6.07) is 6.51. The lowest BCUT2D eigenvalue weighted by molar-refractivity contribution is 0.226. The Bertz CT molecular complexity index is 875. The van der Waals surface area contributed by atoms with Gasteiger partial charge in [-0.15, -0.1) is 0 Å². The van der Waals surface area contributed by atoms with Crippen LogP contribution in [0, 0.1) is 5.92 Å². The number of phenolic OH excluding ortho intramolecular Hbond substituents is 1. The summed E-state index contributed by atoms with van der Waals surface area (Å²) in [5, 5.41) is 10.5. The number of sulfonamides is 1. The van der Waals surface area contributed by atoms with Crippen LogP contribution in [-0.4, -0.2) is 35.4 Å². The Morgan fingerprint density at radius 3 is 2.64 bits per heavy atom. The van der Waals surface area contributed by atoms with E-state index in [1.807, 2.05) is 0 Å². The van der Waals surface area contributed by atoms with Crippen LogP contribution in [0.15, 0.2) is 35.4 Å². The fourth-order valence-corrected chi connectivity index (χ4v) is 6.48.